The molecule has 2 aromatic carbocycles. The van der Waals surface area contributed by atoms with E-state index in [0.717, 1.165) is 26.2 Å². The van der Waals surface area contributed by atoms with Crippen LogP contribution in [0.15, 0.2) is 65.4 Å². The van der Waals surface area contributed by atoms with Gasteiger partial charge in [-0.1, -0.05) is 49.7 Å². The fourth-order valence-corrected chi connectivity index (χ4v) is 4.33. The van der Waals surface area contributed by atoms with Crippen molar-refractivity contribution in [3.63, 3.8) is 0 Å². The number of likely N-dealkylation sites (N-methyl/N-ethyl adjacent to an activating group) is 1. The van der Waals surface area contributed by atoms with Gasteiger partial charge in [0.25, 0.3) is 0 Å². The number of hydrogen-bond donors (Lipinski definition) is 0. The Hall–Kier alpha value is -2.75. The lowest BCUT2D eigenvalue weighted by Gasteiger charge is -2.34. The van der Waals surface area contributed by atoms with Crippen LogP contribution in [0.3, 0.4) is 0 Å². The van der Waals surface area contributed by atoms with Gasteiger partial charge in [0.05, 0.1) is 13.1 Å². The Labute approximate surface area is 168 Å². The highest BCUT2D eigenvalue weighted by molar-refractivity contribution is 5.79. The molecule has 2 heterocycles. The van der Waals surface area contributed by atoms with Crippen LogP contribution in [0, 0.1) is 6.92 Å². The maximum Gasteiger partial charge on any atom is 0.0536 e. The molecule has 0 N–H and O–H groups in total. The van der Waals surface area contributed by atoms with Crippen molar-refractivity contribution in [3.05, 3.63) is 71.4 Å². The first-order chi connectivity index (χ1) is 13.5. The quantitative estimate of drug-likeness (QED) is 0.743. The molecule has 0 unspecified atom stereocenters. The molecule has 0 saturated carbocycles. The minimum Gasteiger partial charge on any atom is -0.368 e. The lowest BCUT2D eigenvalue weighted by molar-refractivity contribution is 0.272. The molecule has 1 fully saturated rings. The number of benzene rings is 2. The van der Waals surface area contributed by atoms with E-state index in [-0.39, 0.29) is 5.41 Å². The second kappa shape index (κ2) is 7.34. The van der Waals surface area contributed by atoms with Gasteiger partial charge in [0.2, 0.25) is 0 Å². The topological polar surface area (TPSA) is 22.1 Å². The highest BCUT2D eigenvalue weighted by Gasteiger charge is 2.37. The van der Waals surface area contributed by atoms with Crippen LogP contribution in [-0.2, 0) is 5.41 Å². The van der Waals surface area contributed by atoms with Crippen molar-refractivity contribution in [1.29, 1.82) is 0 Å². The molecule has 146 valence electrons. The van der Waals surface area contributed by atoms with Gasteiger partial charge in [0.1, 0.15) is 0 Å². The number of piperazine rings is 1. The summed E-state index contributed by atoms with van der Waals surface area (Å²) >= 11 is 0. The van der Waals surface area contributed by atoms with Gasteiger partial charge >= 0.3 is 0 Å². The zero-order chi connectivity index (χ0) is 19.7. The molecule has 4 heteroatoms. The number of rotatable bonds is 3. The van der Waals surface area contributed by atoms with E-state index in [2.05, 4.69) is 97.2 Å². The summed E-state index contributed by atoms with van der Waals surface area (Å²) in [5.41, 5.74) is 6.57. The smallest absolute Gasteiger partial charge is 0.0536 e. The number of nitrogens with zero attached hydrogens (tertiary/aromatic N) is 4. The lowest BCUT2D eigenvalue weighted by atomic mass is 9.84. The lowest BCUT2D eigenvalue weighted by Crippen LogP contribution is -2.44. The van der Waals surface area contributed by atoms with Gasteiger partial charge in [0, 0.05) is 48.8 Å². The molecule has 1 saturated heterocycles. The van der Waals surface area contributed by atoms with Crippen molar-refractivity contribution in [2.45, 2.75) is 26.2 Å². The average Bonchev–Trinajstić information content (AvgIpc) is 2.90. The predicted octanol–water partition coefficient (Wildman–Crippen LogP) is 4.41. The summed E-state index contributed by atoms with van der Waals surface area (Å²) in [6, 6.07) is 17.5. The average molecular weight is 375 g/mol. The minimum atomic E-state index is 0.00149. The van der Waals surface area contributed by atoms with Crippen LogP contribution in [0.25, 0.3) is 0 Å². The number of hydrogen-bond acceptors (Lipinski definition) is 4. The van der Waals surface area contributed by atoms with Crippen molar-refractivity contribution in [3.8, 4) is 0 Å². The second-order valence-electron chi connectivity index (χ2n) is 8.29. The fraction of sp³-hybridized carbons (Fsp3) is 0.375. The summed E-state index contributed by atoms with van der Waals surface area (Å²) in [6.07, 6.45) is 4.15. The van der Waals surface area contributed by atoms with Crippen molar-refractivity contribution in [2.24, 2.45) is 5.10 Å². The van der Waals surface area contributed by atoms with E-state index in [4.69, 9.17) is 5.10 Å². The number of allylic oxidation sites excluding steroid dienone is 2. The van der Waals surface area contributed by atoms with E-state index >= 15 is 0 Å². The molecule has 0 atom stereocenters. The first kappa shape index (κ1) is 18.6. The van der Waals surface area contributed by atoms with Crippen LogP contribution in [0.2, 0.25) is 0 Å². The molecule has 0 aliphatic carbocycles. The van der Waals surface area contributed by atoms with E-state index < -0.39 is 0 Å². The van der Waals surface area contributed by atoms with Crippen LogP contribution in [0.4, 0.5) is 11.4 Å². The highest BCUT2D eigenvalue weighted by atomic mass is 15.5. The van der Waals surface area contributed by atoms with Crippen LogP contribution in [0.1, 0.15) is 25.0 Å². The first-order valence-corrected chi connectivity index (χ1v) is 10.1. The van der Waals surface area contributed by atoms with Crippen molar-refractivity contribution >= 4 is 17.6 Å². The van der Waals surface area contributed by atoms with Crippen LogP contribution < -0.4 is 9.80 Å². The summed E-state index contributed by atoms with van der Waals surface area (Å²) < 4.78 is 0. The Morgan fingerprint density at radius 2 is 1.61 bits per heavy atom. The largest absolute Gasteiger partial charge is 0.368 e. The molecule has 2 aliphatic heterocycles. The third-order valence-corrected chi connectivity index (χ3v) is 6.06. The van der Waals surface area contributed by atoms with E-state index in [1.165, 1.54) is 28.2 Å². The molecule has 0 aromatic heterocycles. The third-order valence-electron chi connectivity index (χ3n) is 6.06. The molecule has 2 aliphatic rings. The Bertz CT molecular complexity index is 887. The van der Waals surface area contributed by atoms with Crippen molar-refractivity contribution in [2.75, 3.05) is 43.0 Å². The number of fused-ring (bicyclic) bond motifs is 1. The van der Waals surface area contributed by atoms with Gasteiger partial charge in [0.15, 0.2) is 0 Å². The minimum absolute atomic E-state index is 0.00149. The first-order valence-electron chi connectivity index (χ1n) is 10.1. The standard InChI is InChI=1S/C24H30N4/c1-19-9-11-20(12-10-19)27-15-17-28(18-16-27)25-14-13-23-24(2,3)21-7-5-6-8-22(21)26(23)4/h5-14H,15-18H2,1-4H3. The zero-order valence-electron chi connectivity index (χ0n) is 17.4. The second-order valence-corrected chi connectivity index (χ2v) is 8.29. The maximum atomic E-state index is 4.73. The SMILES string of the molecule is Cc1ccc(N2CCN(N=CC=C3N(C)c4ccccc4C3(C)C)CC2)cc1. The number of para-hydroxylation sites is 1. The molecule has 28 heavy (non-hydrogen) atoms. The maximum absolute atomic E-state index is 4.73. The highest BCUT2D eigenvalue weighted by Crippen LogP contribution is 2.46. The summed E-state index contributed by atoms with van der Waals surface area (Å²) in [4.78, 5) is 4.73. The molecule has 4 nitrogen and oxygen atoms in total. The van der Waals surface area contributed by atoms with Crippen LogP contribution in [-0.4, -0.2) is 44.5 Å². The molecule has 0 spiro atoms. The Balaban J connectivity index is 1.40. The Kier molecular flexibility index (Phi) is 4.88. The molecule has 4 rings (SSSR count). The summed E-state index contributed by atoms with van der Waals surface area (Å²) in [6.45, 7) is 10.6. The zero-order valence-corrected chi connectivity index (χ0v) is 17.4. The number of anilines is 2. The summed E-state index contributed by atoms with van der Waals surface area (Å²) in [5, 5.41) is 6.91. The molecule has 0 radical (unpaired) electrons. The fourth-order valence-electron chi connectivity index (χ4n) is 4.33. The van der Waals surface area contributed by atoms with Crippen molar-refractivity contribution in [1.82, 2.24) is 5.01 Å². The predicted molar refractivity (Wildman–Crippen MR) is 119 cm³/mol. The van der Waals surface area contributed by atoms with Crippen molar-refractivity contribution < 1.29 is 0 Å². The van der Waals surface area contributed by atoms with Crippen LogP contribution in [0.5, 0.6) is 0 Å². The molecule has 2 aromatic rings. The monoisotopic (exact) mass is 374 g/mol. The summed E-state index contributed by atoms with van der Waals surface area (Å²) in [5.74, 6) is 0. The van der Waals surface area contributed by atoms with Gasteiger partial charge in [-0.15, -0.1) is 0 Å². The molecular weight excluding hydrogens is 344 g/mol. The Morgan fingerprint density at radius 3 is 2.29 bits per heavy atom. The van der Waals surface area contributed by atoms with Gasteiger partial charge in [-0.25, -0.2) is 0 Å². The van der Waals surface area contributed by atoms with Gasteiger partial charge in [-0.05, 0) is 36.8 Å². The van der Waals surface area contributed by atoms with Gasteiger partial charge < -0.3 is 9.80 Å². The van der Waals surface area contributed by atoms with E-state index in [1.807, 2.05) is 6.21 Å². The molecule has 0 bridgehead atoms. The number of aryl methyl sites for hydroxylation is 1. The van der Waals surface area contributed by atoms with E-state index in [1.54, 1.807) is 0 Å². The summed E-state index contributed by atoms with van der Waals surface area (Å²) in [7, 11) is 2.15. The van der Waals surface area contributed by atoms with Gasteiger partial charge in [-0.2, -0.15) is 5.10 Å². The normalized spacial score (nSPS) is 20.3. The Morgan fingerprint density at radius 1 is 0.929 bits per heavy atom. The van der Waals surface area contributed by atoms with E-state index in [0.29, 0.717) is 0 Å². The van der Waals surface area contributed by atoms with Crippen LogP contribution >= 0.6 is 0 Å². The number of hydrazone groups is 1. The van der Waals surface area contributed by atoms with E-state index in [9.17, 15) is 0 Å². The molecule has 0 amide bonds. The third kappa shape index (κ3) is 3.39. The molecular formula is C24H30N4. The van der Waals surface area contributed by atoms with Gasteiger partial charge in [-0.3, -0.25) is 5.01 Å².